The molecule has 100 valence electrons. The van der Waals surface area contributed by atoms with Gasteiger partial charge in [0.2, 0.25) is 0 Å². The van der Waals surface area contributed by atoms with E-state index in [0.717, 1.165) is 30.3 Å². The molecule has 1 aromatic heterocycles. The van der Waals surface area contributed by atoms with Crippen LogP contribution < -0.4 is 0 Å². The van der Waals surface area contributed by atoms with Crippen LogP contribution in [-0.4, -0.2) is 23.9 Å². The summed E-state index contributed by atoms with van der Waals surface area (Å²) in [5.74, 6) is 2.26. The Morgan fingerprint density at radius 1 is 1.44 bits per heavy atom. The van der Waals surface area contributed by atoms with Gasteiger partial charge in [-0.1, -0.05) is 20.8 Å². The number of aryl methyl sites for hydroxylation is 1. The van der Waals surface area contributed by atoms with E-state index in [1.165, 1.54) is 4.88 Å². The van der Waals surface area contributed by atoms with Crippen LogP contribution in [0.2, 0.25) is 0 Å². The number of rotatable bonds is 2. The Morgan fingerprint density at radius 3 is 2.72 bits per heavy atom. The number of hydrogen-bond acceptors (Lipinski definition) is 2. The molecule has 0 aliphatic carbocycles. The second-order valence-corrected chi connectivity index (χ2v) is 7.12. The molecule has 2 rings (SSSR count). The minimum atomic E-state index is 0.227. The summed E-state index contributed by atoms with van der Waals surface area (Å²) in [7, 11) is 0. The van der Waals surface area contributed by atoms with Crippen LogP contribution in [0.4, 0.5) is 0 Å². The summed E-state index contributed by atoms with van der Waals surface area (Å²) in [4.78, 5) is 16.6. The first-order chi connectivity index (χ1) is 8.49. The molecular weight excluding hydrogens is 242 g/mol. The predicted molar refractivity (Wildman–Crippen MR) is 77.1 cm³/mol. The van der Waals surface area contributed by atoms with Crippen LogP contribution in [0, 0.1) is 24.7 Å². The number of carbonyl (C=O) groups is 1. The summed E-state index contributed by atoms with van der Waals surface area (Å²) in [5, 5.41) is 0. The van der Waals surface area contributed by atoms with Gasteiger partial charge in [-0.3, -0.25) is 4.79 Å². The summed E-state index contributed by atoms with van der Waals surface area (Å²) in [6.45, 7) is 10.8. The monoisotopic (exact) mass is 265 g/mol. The highest BCUT2D eigenvalue weighted by Crippen LogP contribution is 2.30. The van der Waals surface area contributed by atoms with Gasteiger partial charge in [0, 0.05) is 18.0 Å². The Hall–Kier alpha value is -0.830. The van der Waals surface area contributed by atoms with Crippen molar-refractivity contribution in [3.63, 3.8) is 0 Å². The van der Waals surface area contributed by atoms with E-state index in [1.807, 2.05) is 12.1 Å². The molecule has 2 heterocycles. The molecule has 2 atom stereocenters. The van der Waals surface area contributed by atoms with E-state index < -0.39 is 0 Å². The second kappa shape index (κ2) is 5.43. The molecule has 0 spiro atoms. The van der Waals surface area contributed by atoms with Crippen LogP contribution in [0.1, 0.15) is 41.7 Å². The summed E-state index contributed by atoms with van der Waals surface area (Å²) in [6, 6.07) is 4.00. The minimum absolute atomic E-state index is 0.227. The molecule has 0 aromatic carbocycles. The van der Waals surface area contributed by atoms with Crippen molar-refractivity contribution in [1.82, 2.24) is 4.90 Å². The topological polar surface area (TPSA) is 20.3 Å². The summed E-state index contributed by atoms with van der Waals surface area (Å²) in [5.41, 5.74) is 0. The van der Waals surface area contributed by atoms with Crippen molar-refractivity contribution >= 4 is 17.2 Å². The highest BCUT2D eigenvalue weighted by atomic mass is 32.1. The predicted octanol–water partition coefficient (Wildman–Crippen LogP) is 3.81. The van der Waals surface area contributed by atoms with E-state index in [0.29, 0.717) is 11.8 Å². The van der Waals surface area contributed by atoms with Crippen molar-refractivity contribution < 1.29 is 4.79 Å². The lowest BCUT2D eigenvalue weighted by Crippen LogP contribution is -2.44. The Balaban J connectivity index is 2.08. The summed E-state index contributed by atoms with van der Waals surface area (Å²) < 4.78 is 0. The van der Waals surface area contributed by atoms with E-state index in [1.54, 1.807) is 11.3 Å². The van der Waals surface area contributed by atoms with Crippen LogP contribution in [0.25, 0.3) is 0 Å². The summed E-state index contributed by atoms with van der Waals surface area (Å²) in [6.07, 6.45) is 1.14. The standard InChI is InChI=1S/C15H23NOS/c1-10(2)13-9-16(8-7-11(13)3)15(17)14-6-5-12(4)18-14/h5-6,10-11,13H,7-9H2,1-4H3. The van der Waals surface area contributed by atoms with E-state index in [2.05, 4.69) is 32.6 Å². The second-order valence-electron chi connectivity index (χ2n) is 5.84. The fraction of sp³-hybridized carbons (Fsp3) is 0.667. The molecule has 18 heavy (non-hydrogen) atoms. The molecule has 0 N–H and O–H groups in total. The van der Waals surface area contributed by atoms with Crippen LogP contribution >= 0.6 is 11.3 Å². The zero-order chi connectivity index (χ0) is 13.3. The third-order valence-corrected chi connectivity index (χ3v) is 5.10. The molecule has 2 nitrogen and oxygen atoms in total. The third kappa shape index (κ3) is 2.77. The molecule has 1 aliphatic heterocycles. The first kappa shape index (κ1) is 13.6. The Labute approximate surface area is 114 Å². The maximum absolute atomic E-state index is 12.4. The number of likely N-dealkylation sites (tertiary alicyclic amines) is 1. The normalized spacial score (nSPS) is 24.6. The lowest BCUT2D eigenvalue weighted by molar-refractivity contribution is 0.0553. The lowest BCUT2D eigenvalue weighted by atomic mass is 9.79. The average Bonchev–Trinajstić information content (AvgIpc) is 2.75. The smallest absolute Gasteiger partial charge is 0.263 e. The van der Waals surface area contributed by atoms with E-state index >= 15 is 0 Å². The van der Waals surface area contributed by atoms with Crippen LogP contribution in [0.5, 0.6) is 0 Å². The molecule has 3 heteroatoms. The zero-order valence-corrected chi connectivity index (χ0v) is 12.6. The van der Waals surface area contributed by atoms with Gasteiger partial charge in [-0.2, -0.15) is 0 Å². The largest absolute Gasteiger partial charge is 0.338 e. The molecule has 1 amide bonds. The third-order valence-electron chi connectivity index (χ3n) is 4.11. The molecule has 1 aromatic rings. The number of hydrogen-bond donors (Lipinski definition) is 0. The molecule has 1 aliphatic rings. The first-order valence-electron chi connectivity index (χ1n) is 6.84. The lowest BCUT2D eigenvalue weighted by Gasteiger charge is -2.39. The number of piperidine rings is 1. The molecule has 2 unspecified atom stereocenters. The number of nitrogens with zero attached hydrogens (tertiary/aromatic N) is 1. The highest BCUT2D eigenvalue weighted by molar-refractivity contribution is 7.13. The van der Waals surface area contributed by atoms with Gasteiger partial charge in [-0.15, -0.1) is 11.3 Å². The van der Waals surface area contributed by atoms with Gasteiger partial charge in [-0.25, -0.2) is 0 Å². The van der Waals surface area contributed by atoms with E-state index in [4.69, 9.17) is 0 Å². The maximum atomic E-state index is 12.4. The highest BCUT2D eigenvalue weighted by Gasteiger charge is 2.31. The van der Waals surface area contributed by atoms with Gasteiger partial charge in [0.1, 0.15) is 0 Å². The number of thiophene rings is 1. The Kier molecular flexibility index (Phi) is 4.10. The quantitative estimate of drug-likeness (QED) is 0.796. The SMILES string of the molecule is Cc1ccc(C(=O)N2CCC(C)C(C(C)C)C2)s1. The van der Waals surface area contributed by atoms with Crippen LogP contribution in [0.15, 0.2) is 12.1 Å². The fourth-order valence-electron chi connectivity index (χ4n) is 2.86. The van der Waals surface area contributed by atoms with Gasteiger partial charge in [-0.05, 0) is 43.2 Å². The zero-order valence-electron chi connectivity index (χ0n) is 11.8. The molecule has 1 saturated heterocycles. The van der Waals surface area contributed by atoms with Gasteiger partial charge >= 0.3 is 0 Å². The van der Waals surface area contributed by atoms with Gasteiger partial charge in [0.25, 0.3) is 5.91 Å². The van der Waals surface area contributed by atoms with Crippen molar-refractivity contribution in [3.8, 4) is 0 Å². The van der Waals surface area contributed by atoms with Crippen molar-refractivity contribution in [2.75, 3.05) is 13.1 Å². The van der Waals surface area contributed by atoms with Crippen molar-refractivity contribution in [2.24, 2.45) is 17.8 Å². The molecule has 1 fully saturated rings. The van der Waals surface area contributed by atoms with Gasteiger partial charge in [0.05, 0.1) is 4.88 Å². The van der Waals surface area contributed by atoms with Gasteiger partial charge in [0.15, 0.2) is 0 Å². The number of amides is 1. The van der Waals surface area contributed by atoms with Crippen molar-refractivity contribution in [1.29, 1.82) is 0 Å². The Morgan fingerprint density at radius 2 is 2.17 bits per heavy atom. The van der Waals surface area contributed by atoms with Gasteiger partial charge < -0.3 is 4.90 Å². The first-order valence-corrected chi connectivity index (χ1v) is 7.66. The molecule has 0 bridgehead atoms. The van der Waals surface area contributed by atoms with Crippen molar-refractivity contribution in [3.05, 3.63) is 21.9 Å². The molecular formula is C15H23NOS. The number of carbonyl (C=O) groups excluding carboxylic acids is 1. The average molecular weight is 265 g/mol. The van der Waals surface area contributed by atoms with Crippen LogP contribution in [-0.2, 0) is 0 Å². The van der Waals surface area contributed by atoms with Crippen molar-refractivity contribution in [2.45, 2.75) is 34.1 Å². The van der Waals surface area contributed by atoms with E-state index in [9.17, 15) is 4.79 Å². The van der Waals surface area contributed by atoms with E-state index in [-0.39, 0.29) is 5.91 Å². The van der Waals surface area contributed by atoms with Crippen LogP contribution in [0.3, 0.4) is 0 Å². The fourth-order valence-corrected chi connectivity index (χ4v) is 3.69. The molecule has 0 saturated carbocycles. The maximum Gasteiger partial charge on any atom is 0.263 e. The Bertz CT molecular complexity index is 424. The molecule has 0 radical (unpaired) electrons. The minimum Gasteiger partial charge on any atom is -0.338 e. The summed E-state index contributed by atoms with van der Waals surface area (Å²) >= 11 is 1.61.